The number of ether oxygens (including phenoxy) is 1. The summed E-state index contributed by atoms with van der Waals surface area (Å²) >= 11 is 7.86. The molecule has 0 N–H and O–H groups in total. The number of thioether (sulfide) groups is 1. The van der Waals surface area contributed by atoms with E-state index in [0.717, 1.165) is 27.8 Å². The third-order valence-corrected chi connectivity index (χ3v) is 4.89. The molecule has 1 aliphatic carbocycles. The zero-order chi connectivity index (χ0) is 15.0. The van der Waals surface area contributed by atoms with E-state index in [1.165, 1.54) is 0 Å². The molecule has 21 heavy (non-hydrogen) atoms. The fourth-order valence-corrected chi connectivity index (χ4v) is 2.94. The van der Waals surface area contributed by atoms with E-state index in [1.807, 2.05) is 30.5 Å². The Kier molecular flexibility index (Phi) is 4.09. The summed E-state index contributed by atoms with van der Waals surface area (Å²) in [4.78, 5) is 17.3. The SMILES string of the molecule is CSc1ccc2cc(COC(=O)[C@@H]3C[C@@H]3C)c(Cl)nc2c1. The predicted molar refractivity (Wildman–Crippen MR) is 85.6 cm³/mol. The molecule has 0 spiro atoms. The molecule has 0 saturated heterocycles. The molecule has 2 atom stereocenters. The fourth-order valence-electron chi connectivity index (χ4n) is 2.30. The molecule has 1 heterocycles. The van der Waals surface area contributed by atoms with Gasteiger partial charge in [0, 0.05) is 15.8 Å². The number of esters is 1. The quantitative estimate of drug-likeness (QED) is 0.478. The third-order valence-electron chi connectivity index (χ3n) is 3.83. The monoisotopic (exact) mass is 321 g/mol. The van der Waals surface area contributed by atoms with Gasteiger partial charge in [-0.05, 0) is 36.8 Å². The highest BCUT2D eigenvalue weighted by atomic mass is 35.5. The maximum absolute atomic E-state index is 11.8. The first-order chi connectivity index (χ1) is 10.1. The van der Waals surface area contributed by atoms with Crippen molar-refractivity contribution < 1.29 is 9.53 Å². The zero-order valence-electron chi connectivity index (χ0n) is 11.9. The van der Waals surface area contributed by atoms with Crippen LogP contribution in [-0.4, -0.2) is 17.2 Å². The van der Waals surface area contributed by atoms with E-state index in [2.05, 4.69) is 11.9 Å². The molecule has 2 aromatic rings. The van der Waals surface area contributed by atoms with Gasteiger partial charge in [0.05, 0.1) is 11.4 Å². The Morgan fingerprint density at radius 2 is 2.24 bits per heavy atom. The highest BCUT2D eigenvalue weighted by molar-refractivity contribution is 7.98. The topological polar surface area (TPSA) is 39.2 Å². The smallest absolute Gasteiger partial charge is 0.309 e. The van der Waals surface area contributed by atoms with Gasteiger partial charge in [0.1, 0.15) is 11.8 Å². The maximum atomic E-state index is 11.8. The summed E-state index contributed by atoms with van der Waals surface area (Å²) in [5.41, 5.74) is 1.61. The normalized spacial score (nSPS) is 20.5. The molecule has 110 valence electrons. The number of carbonyl (C=O) groups is 1. The van der Waals surface area contributed by atoms with Gasteiger partial charge in [0.25, 0.3) is 0 Å². The van der Waals surface area contributed by atoms with E-state index in [9.17, 15) is 4.79 Å². The minimum atomic E-state index is -0.128. The van der Waals surface area contributed by atoms with E-state index in [1.54, 1.807) is 11.8 Å². The summed E-state index contributed by atoms with van der Waals surface area (Å²) in [6, 6.07) is 8.01. The molecule has 1 fully saturated rings. The molecule has 1 aromatic carbocycles. The summed E-state index contributed by atoms with van der Waals surface area (Å²) in [7, 11) is 0. The van der Waals surface area contributed by atoms with Crippen molar-refractivity contribution in [3.05, 3.63) is 35.0 Å². The fraction of sp³-hybridized carbons (Fsp3) is 0.375. The summed E-state index contributed by atoms with van der Waals surface area (Å²) in [5.74, 6) is 0.394. The van der Waals surface area contributed by atoms with Crippen molar-refractivity contribution >= 4 is 40.2 Å². The lowest BCUT2D eigenvalue weighted by molar-refractivity contribution is -0.146. The van der Waals surface area contributed by atoms with Crippen molar-refractivity contribution in [1.82, 2.24) is 4.98 Å². The molecule has 0 aliphatic heterocycles. The second-order valence-corrected chi connectivity index (χ2v) is 6.66. The minimum Gasteiger partial charge on any atom is -0.460 e. The summed E-state index contributed by atoms with van der Waals surface area (Å²) in [6.07, 6.45) is 2.95. The Morgan fingerprint density at radius 3 is 2.90 bits per heavy atom. The van der Waals surface area contributed by atoms with Crippen LogP contribution in [0.3, 0.4) is 0 Å². The number of halogens is 1. The zero-order valence-corrected chi connectivity index (χ0v) is 13.5. The van der Waals surface area contributed by atoms with E-state index in [-0.39, 0.29) is 18.5 Å². The maximum Gasteiger partial charge on any atom is 0.309 e. The third kappa shape index (κ3) is 3.16. The molecule has 1 aliphatic rings. The number of pyridine rings is 1. The number of rotatable bonds is 4. The van der Waals surface area contributed by atoms with Crippen molar-refractivity contribution in [3.8, 4) is 0 Å². The number of hydrogen-bond acceptors (Lipinski definition) is 4. The van der Waals surface area contributed by atoms with E-state index in [0.29, 0.717) is 11.1 Å². The van der Waals surface area contributed by atoms with Crippen LogP contribution in [0.4, 0.5) is 0 Å². The van der Waals surface area contributed by atoms with Crippen molar-refractivity contribution in [2.45, 2.75) is 24.8 Å². The van der Waals surface area contributed by atoms with Crippen LogP contribution in [0.25, 0.3) is 10.9 Å². The van der Waals surface area contributed by atoms with Gasteiger partial charge < -0.3 is 4.74 Å². The molecule has 1 saturated carbocycles. The highest BCUT2D eigenvalue weighted by Crippen LogP contribution is 2.38. The summed E-state index contributed by atoms with van der Waals surface area (Å²) in [6.45, 7) is 2.24. The van der Waals surface area contributed by atoms with Gasteiger partial charge in [-0.1, -0.05) is 24.6 Å². The highest BCUT2D eigenvalue weighted by Gasteiger charge is 2.40. The first-order valence-corrected chi connectivity index (χ1v) is 8.48. The van der Waals surface area contributed by atoms with Crippen LogP contribution in [0, 0.1) is 11.8 Å². The Labute approximate surface area is 133 Å². The Balaban J connectivity index is 1.79. The van der Waals surface area contributed by atoms with Gasteiger partial charge in [0.2, 0.25) is 0 Å². The summed E-state index contributed by atoms with van der Waals surface area (Å²) < 4.78 is 5.33. The number of fused-ring (bicyclic) bond motifs is 1. The van der Waals surface area contributed by atoms with Crippen LogP contribution < -0.4 is 0 Å². The van der Waals surface area contributed by atoms with Gasteiger partial charge in [-0.3, -0.25) is 4.79 Å². The van der Waals surface area contributed by atoms with Gasteiger partial charge in [0.15, 0.2) is 0 Å². The average Bonchev–Trinajstić information content (AvgIpc) is 3.21. The Morgan fingerprint density at radius 1 is 1.48 bits per heavy atom. The second-order valence-electron chi connectivity index (χ2n) is 5.42. The molecular formula is C16H16ClNO2S. The van der Waals surface area contributed by atoms with Crippen LogP contribution in [0.2, 0.25) is 5.15 Å². The molecule has 3 rings (SSSR count). The van der Waals surface area contributed by atoms with Crippen LogP contribution >= 0.6 is 23.4 Å². The van der Waals surface area contributed by atoms with Gasteiger partial charge in [-0.25, -0.2) is 4.98 Å². The number of hydrogen-bond donors (Lipinski definition) is 0. The largest absolute Gasteiger partial charge is 0.460 e. The molecule has 0 unspecified atom stereocenters. The molecular weight excluding hydrogens is 306 g/mol. The standard InChI is InChI=1S/C16H16ClNO2S/c1-9-5-13(9)16(19)20-8-11-6-10-3-4-12(21-2)7-14(10)18-15(11)17/h3-4,6-7,9,13H,5,8H2,1-2H3/t9-,13+/m0/s1. The number of aromatic nitrogens is 1. The van der Waals surface area contributed by atoms with Gasteiger partial charge in [-0.2, -0.15) is 0 Å². The van der Waals surface area contributed by atoms with Crippen LogP contribution in [0.1, 0.15) is 18.9 Å². The van der Waals surface area contributed by atoms with Crippen LogP contribution in [-0.2, 0) is 16.1 Å². The van der Waals surface area contributed by atoms with Crippen LogP contribution in [0.5, 0.6) is 0 Å². The van der Waals surface area contributed by atoms with Crippen molar-refractivity contribution in [2.75, 3.05) is 6.26 Å². The molecule has 5 heteroatoms. The number of benzene rings is 1. The van der Waals surface area contributed by atoms with Gasteiger partial charge >= 0.3 is 5.97 Å². The van der Waals surface area contributed by atoms with Crippen molar-refractivity contribution in [1.29, 1.82) is 0 Å². The Bertz CT molecular complexity index is 704. The molecule has 0 bridgehead atoms. The van der Waals surface area contributed by atoms with E-state index >= 15 is 0 Å². The predicted octanol–water partition coefficient (Wildman–Crippen LogP) is 4.31. The van der Waals surface area contributed by atoms with Crippen LogP contribution in [0.15, 0.2) is 29.2 Å². The lowest BCUT2D eigenvalue weighted by atomic mass is 10.1. The Hall–Kier alpha value is -1.26. The lowest BCUT2D eigenvalue weighted by Gasteiger charge is -2.08. The summed E-state index contributed by atoms with van der Waals surface area (Å²) in [5, 5.41) is 1.40. The van der Waals surface area contributed by atoms with Gasteiger partial charge in [-0.15, -0.1) is 11.8 Å². The number of carbonyl (C=O) groups excluding carboxylic acids is 1. The average molecular weight is 322 g/mol. The second kappa shape index (κ2) is 5.85. The van der Waals surface area contributed by atoms with E-state index in [4.69, 9.17) is 16.3 Å². The molecule has 0 radical (unpaired) electrons. The first kappa shape index (κ1) is 14.7. The molecule has 0 amide bonds. The lowest BCUT2D eigenvalue weighted by Crippen LogP contribution is -2.08. The molecule has 3 nitrogen and oxygen atoms in total. The molecule has 1 aromatic heterocycles. The van der Waals surface area contributed by atoms with Crippen molar-refractivity contribution in [3.63, 3.8) is 0 Å². The number of nitrogens with zero attached hydrogens (tertiary/aromatic N) is 1. The minimum absolute atomic E-state index is 0.0707. The van der Waals surface area contributed by atoms with Crippen molar-refractivity contribution in [2.24, 2.45) is 11.8 Å². The first-order valence-electron chi connectivity index (χ1n) is 6.88. The van der Waals surface area contributed by atoms with E-state index < -0.39 is 0 Å².